The lowest BCUT2D eigenvalue weighted by Gasteiger charge is -2.21. The lowest BCUT2D eigenvalue weighted by Crippen LogP contribution is -2.30. The van der Waals surface area contributed by atoms with Gasteiger partial charge in [0.2, 0.25) is 0 Å². The molecule has 1 aromatic heterocycles. The number of hydrogen-bond acceptors (Lipinski definition) is 3. The topological polar surface area (TPSA) is 29.5 Å². The Morgan fingerprint density at radius 2 is 2.05 bits per heavy atom. The number of carbonyl (C=O) groups is 1. The van der Waals surface area contributed by atoms with Gasteiger partial charge in [-0.25, -0.2) is 0 Å². The molecule has 0 saturated heterocycles. The summed E-state index contributed by atoms with van der Waals surface area (Å²) in [6.45, 7) is 3.31. The summed E-state index contributed by atoms with van der Waals surface area (Å²) in [7, 11) is 1.58. The van der Waals surface area contributed by atoms with Crippen molar-refractivity contribution in [3.8, 4) is 5.75 Å². The van der Waals surface area contributed by atoms with E-state index in [0.717, 1.165) is 0 Å². The zero-order valence-electron chi connectivity index (χ0n) is 11.1. The number of benzene rings is 1. The first-order valence-electron chi connectivity index (χ1n) is 6.21. The quantitative estimate of drug-likeness (QED) is 0.836. The summed E-state index contributed by atoms with van der Waals surface area (Å²) in [5.74, 6) is 0.630. The van der Waals surface area contributed by atoms with Gasteiger partial charge in [-0.05, 0) is 30.5 Å². The number of carbonyl (C=O) groups excluding carboxylic acids is 1. The summed E-state index contributed by atoms with van der Waals surface area (Å²) in [5, 5.41) is 2.02. The maximum atomic E-state index is 12.5. The van der Waals surface area contributed by atoms with E-state index in [1.54, 1.807) is 24.5 Å². The normalized spacial score (nSPS) is 10.2. The summed E-state index contributed by atoms with van der Waals surface area (Å²) in [4.78, 5) is 15.5. The second-order valence-electron chi connectivity index (χ2n) is 4.10. The van der Waals surface area contributed by atoms with Gasteiger partial charge in [-0.2, -0.15) is 0 Å². The predicted molar refractivity (Wildman–Crippen MR) is 77.7 cm³/mol. The van der Waals surface area contributed by atoms with E-state index in [-0.39, 0.29) is 5.91 Å². The molecule has 0 atom stereocenters. The number of hydrogen-bond donors (Lipinski definition) is 0. The second kappa shape index (κ2) is 6.38. The molecule has 0 bridgehead atoms. The fourth-order valence-corrected chi connectivity index (χ4v) is 2.63. The Balaban J connectivity index is 2.20. The summed E-state index contributed by atoms with van der Waals surface area (Å²) < 4.78 is 5.25. The van der Waals surface area contributed by atoms with E-state index in [1.165, 1.54) is 4.88 Å². The van der Waals surface area contributed by atoms with Crippen LogP contribution in [0.3, 0.4) is 0 Å². The highest BCUT2D eigenvalue weighted by Crippen LogP contribution is 2.21. The van der Waals surface area contributed by atoms with Gasteiger partial charge in [0.15, 0.2) is 0 Å². The van der Waals surface area contributed by atoms with Gasteiger partial charge in [-0.3, -0.25) is 4.79 Å². The Kier molecular flexibility index (Phi) is 4.58. The van der Waals surface area contributed by atoms with E-state index in [9.17, 15) is 4.79 Å². The van der Waals surface area contributed by atoms with Crippen LogP contribution in [0.4, 0.5) is 0 Å². The molecular formula is C15H17NO2S. The average molecular weight is 275 g/mol. The first-order valence-corrected chi connectivity index (χ1v) is 7.09. The summed E-state index contributed by atoms with van der Waals surface area (Å²) in [6.07, 6.45) is 0. The van der Waals surface area contributed by atoms with Crippen molar-refractivity contribution < 1.29 is 9.53 Å². The number of rotatable bonds is 5. The molecular weight excluding hydrogens is 258 g/mol. The first kappa shape index (κ1) is 13.6. The molecule has 0 fully saturated rings. The third kappa shape index (κ3) is 3.15. The highest BCUT2D eigenvalue weighted by Gasteiger charge is 2.18. The van der Waals surface area contributed by atoms with Gasteiger partial charge >= 0.3 is 0 Å². The van der Waals surface area contributed by atoms with Crippen LogP contribution >= 0.6 is 11.3 Å². The minimum absolute atomic E-state index is 0.00773. The highest BCUT2D eigenvalue weighted by molar-refractivity contribution is 7.09. The number of amides is 1. The standard InChI is InChI=1S/C15H17NO2S/c1-3-16(11-12-7-6-10-19-12)15(17)13-8-4-5-9-14(13)18-2/h4-10H,3,11H2,1-2H3. The van der Waals surface area contributed by atoms with Crippen LogP contribution < -0.4 is 4.74 Å². The Bertz CT molecular complexity index is 537. The van der Waals surface area contributed by atoms with E-state index in [4.69, 9.17) is 4.74 Å². The number of nitrogens with zero attached hydrogens (tertiary/aromatic N) is 1. The smallest absolute Gasteiger partial charge is 0.257 e. The van der Waals surface area contributed by atoms with Gasteiger partial charge in [0.1, 0.15) is 5.75 Å². The maximum Gasteiger partial charge on any atom is 0.257 e. The fourth-order valence-electron chi connectivity index (χ4n) is 1.91. The van der Waals surface area contributed by atoms with Gasteiger partial charge in [-0.15, -0.1) is 11.3 Å². The van der Waals surface area contributed by atoms with Crippen LogP contribution in [0.2, 0.25) is 0 Å². The van der Waals surface area contributed by atoms with Crippen molar-refractivity contribution in [2.45, 2.75) is 13.5 Å². The van der Waals surface area contributed by atoms with Crippen LogP contribution in [0.5, 0.6) is 5.75 Å². The zero-order valence-corrected chi connectivity index (χ0v) is 11.9. The molecule has 19 heavy (non-hydrogen) atoms. The third-order valence-electron chi connectivity index (χ3n) is 2.93. The van der Waals surface area contributed by atoms with Gasteiger partial charge in [0, 0.05) is 11.4 Å². The number of thiophene rings is 1. The fraction of sp³-hybridized carbons (Fsp3) is 0.267. The monoisotopic (exact) mass is 275 g/mol. The largest absolute Gasteiger partial charge is 0.496 e. The zero-order chi connectivity index (χ0) is 13.7. The van der Waals surface area contributed by atoms with Crippen LogP contribution in [0.1, 0.15) is 22.2 Å². The van der Waals surface area contributed by atoms with Gasteiger partial charge < -0.3 is 9.64 Å². The van der Waals surface area contributed by atoms with Crippen LogP contribution in [-0.2, 0) is 6.54 Å². The molecule has 4 heteroatoms. The second-order valence-corrected chi connectivity index (χ2v) is 5.13. The van der Waals surface area contributed by atoms with Crippen LogP contribution in [0.15, 0.2) is 41.8 Å². The Morgan fingerprint density at radius 1 is 1.26 bits per heavy atom. The van der Waals surface area contributed by atoms with E-state index in [2.05, 4.69) is 0 Å². The molecule has 0 N–H and O–H groups in total. The summed E-state index contributed by atoms with van der Waals surface area (Å²) >= 11 is 1.66. The number of ether oxygens (including phenoxy) is 1. The maximum absolute atomic E-state index is 12.5. The predicted octanol–water partition coefficient (Wildman–Crippen LogP) is 3.42. The molecule has 0 radical (unpaired) electrons. The van der Waals surface area contributed by atoms with Crippen molar-refractivity contribution in [3.05, 3.63) is 52.2 Å². The van der Waals surface area contributed by atoms with Crippen LogP contribution in [0, 0.1) is 0 Å². The Labute approximate surface area is 117 Å². The molecule has 1 heterocycles. The highest BCUT2D eigenvalue weighted by atomic mass is 32.1. The molecule has 100 valence electrons. The lowest BCUT2D eigenvalue weighted by atomic mass is 10.1. The Morgan fingerprint density at radius 3 is 2.68 bits per heavy atom. The van der Waals surface area contributed by atoms with Crippen molar-refractivity contribution in [1.82, 2.24) is 4.90 Å². The molecule has 3 nitrogen and oxygen atoms in total. The third-order valence-corrected chi connectivity index (χ3v) is 3.79. The minimum Gasteiger partial charge on any atom is -0.496 e. The van der Waals surface area contributed by atoms with E-state index >= 15 is 0 Å². The molecule has 1 aromatic carbocycles. The molecule has 0 aliphatic rings. The van der Waals surface area contributed by atoms with Crippen molar-refractivity contribution in [1.29, 1.82) is 0 Å². The molecule has 0 spiro atoms. The SMILES string of the molecule is CCN(Cc1cccs1)C(=O)c1ccccc1OC. The van der Waals surface area contributed by atoms with Crippen molar-refractivity contribution in [2.75, 3.05) is 13.7 Å². The lowest BCUT2D eigenvalue weighted by molar-refractivity contribution is 0.0751. The molecule has 1 amide bonds. The first-order chi connectivity index (χ1) is 9.26. The molecule has 0 unspecified atom stereocenters. The molecule has 2 rings (SSSR count). The molecule has 0 aliphatic heterocycles. The van der Waals surface area contributed by atoms with Gasteiger partial charge in [-0.1, -0.05) is 18.2 Å². The van der Waals surface area contributed by atoms with Crippen LogP contribution in [-0.4, -0.2) is 24.5 Å². The number of methoxy groups -OCH3 is 1. The average Bonchev–Trinajstić information content (AvgIpc) is 2.97. The Hall–Kier alpha value is -1.81. The minimum atomic E-state index is 0.00773. The van der Waals surface area contributed by atoms with Crippen LogP contribution in [0.25, 0.3) is 0 Å². The molecule has 0 saturated carbocycles. The van der Waals surface area contributed by atoms with E-state index < -0.39 is 0 Å². The van der Waals surface area contributed by atoms with E-state index in [0.29, 0.717) is 24.4 Å². The van der Waals surface area contributed by atoms with Crippen molar-refractivity contribution >= 4 is 17.2 Å². The van der Waals surface area contributed by atoms with Crippen molar-refractivity contribution in [2.24, 2.45) is 0 Å². The summed E-state index contributed by atoms with van der Waals surface area (Å²) in [6, 6.07) is 11.4. The summed E-state index contributed by atoms with van der Waals surface area (Å²) in [5.41, 5.74) is 0.614. The molecule has 2 aromatic rings. The van der Waals surface area contributed by atoms with Crippen molar-refractivity contribution in [3.63, 3.8) is 0 Å². The van der Waals surface area contributed by atoms with Gasteiger partial charge in [0.05, 0.1) is 19.2 Å². The van der Waals surface area contributed by atoms with E-state index in [1.807, 2.05) is 47.5 Å². The number of para-hydroxylation sites is 1. The van der Waals surface area contributed by atoms with Gasteiger partial charge in [0.25, 0.3) is 5.91 Å². The molecule has 0 aliphatic carbocycles.